The molecular formula is C53H92O39S. The Bertz CT molecular complexity index is 2210. The number of rotatable bonds is 26. The molecule has 39 nitrogen and oxygen atoms in total. The highest BCUT2D eigenvalue weighted by Gasteiger charge is 2.59. The zero-order valence-electron chi connectivity index (χ0n) is 49.6. The van der Waals surface area contributed by atoms with Gasteiger partial charge in [0.05, 0.1) is 90.0 Å². The standard InChI is InChI=1S/C53H92O39S/c54-6-18-32(67)37(72)45(90-53-42(77)38(73)47(24(12-60)87-53)92-52-41(76)35(70)31(66)22(10-58)86-52)17(82-18)4-14-25(88-49(79-2-1-3-93)43(78)44(14)89-50-39(74)33(68)29(64)20(8-56)84-50)13-80-48-15(26(61)28(63)19(7-55)83-48)5-16-27(62)36(71)46(23(11-59)81-16)91-51-40(75)34(69)30(65)21(9-57)85-51/h14-78,93H,1-13H2/t14-,15?,16-,17+,18?,19?,20?,21?,22?,23?,24?,25?,26-,27?,28-,29-,30+,31+,32-,33+,34+,35+,36-,37+,38-,39?,40?,41?,42?,43?,44+,45?,46-,47-,48-,49+,50+,51+,52+,53+/m1/s1. The molecule has 8 aliphatic rings. The quantitative estimate of drug-likeness (QED) is 0.0282. The van der Waals surface area contributed by atoms with Crippen LogP contribution in [0.5, 0.6) is 0 Å². The van der Waals surface area contributed by atoms with E-state index in [1.165, 1.54) is 0 Å². The Kier molecular flexibility index (Phi) is 28.7. The summed E-state index contributed by atoms with van der Waals surface area (Å²) in [6, 6.07) is 0. The predicted molar refractivity (Wildman–Crippen MR) is 293 cm³/mol. The second-order valence-electron chi connectivity index (χ2n) is 24.3. The largest absolute Gasteiger partial charge is 0.394 e. The minimum Gasteiger partial charge on any atom is -0.394 e. The maximum Gasteiger partial charge on any atom is 0.187 e. The van der Waals surface area contributed by atoms with Crippen LogP contribution in [0.4, 0.5) is 0 Å². The van der Waals surface area contributed by atoms with E-state index < -0.39 is 311 Å². The van der Waals surface area contributed by atoms with Crippen LogP contribution in [-0.4, -0.2) is 426 Å². The number of hydrogen-bond donors (Lipinski definition) is 26. The molecule has 0 bridgehead atoms. The lowest BCUT2D eigenvalue weighted by molar-refractivity contribution is -0.376. The van der Waals surface area contributed by atoms with Gasteiger partial charge in [0, 0.05) is 11.8 Å². The second kappa shape index (κ2) is 34.4. The molecule has 25 N–H and O–H groups in total. The first kappa shape index (κ1) is 77.5. The van der Waals surface area contributed by atoms with Crippen molar-refractivity contribution in [3.63, 3.8) is 0 Å². The van der Waals surface area contributed by atoms with E-state index >= 15 is 0 Å². The van der Waals surface area contributed by atoms with E-state index in [1.54, 1.807) is 0 Å². The molecule has 8 fully saturated rings. The molecule has 93 heavy (non-hydrogen) atoms. The third-order valence-electron chi connectivity index (χ3n) is 18.3. The van der Waals surface area contributed by atoms with Crippen LogP contribution >= 0.6 is 12.6 Å². The van der Waals surface area contributed by atoms with Crippen molar-refractivity contribution in [2.45, 2.75) is 252 Å². The molecule has 8 rings (SSSR count). The van der Waals surface area contributed by atoms with Crippen molar-refractivity contribution in [1.29, 1.82) is 0 Å². The molecule has 8 aliphatic heterocycles. The van der Waals surface area contributed by atoms with Gasteiger partial charge in [-0.3, -0.25) is 0 Å². The average Bonchev–Trinajstić information content (AvgIpc) is 0.853. The Balaban J connectivity index is 1.11. The third kappa shape index (κ3) is 16.7. The molecule has 0 aromatic heterocycles. The average molecular weight is 1390 g/mol. The first-order valence-corrected chi connectivity index (χ1v) is 31.1. The first-order chi connectivity index (χ1) is 44.2. The highest BCUT2D eigenvalue weighted by atomic mass is 32.1. The van der Waals surface area contributed by atoms with Crippen LogP contribution in [0.2, 0.25) is 0 Å². The second-order valence-corrected chi connectivity index (χ2v) is 24.7. The lowest BCUT2D eigenvalue weighted by Gasteiger charge is -2.51. The van der Waals surface area contributed by atoms with Crippen molar-refractivity contribution in [1.82, 2.24) is 0 Å². The highest BCUT2D eigenvalue weighted by molar-refractivity contribution is 7.80. The van der Waals surface area contributed by atoms with Crippen LogP contribution in [0.15, 0.2) is 0 Å². The lowest BCUT2D eigenvalue weighted by Crippen LogP contribution is -2.67. The molecule has 0 aromatic carbocycles. The van der Waals surface area contributed by atoms with Crippen molar-refractivity contribution < 1.29 is 194 Å². The topological polar surface area (TPSA) is 635 Å². The zero-order chi connectivity index (χ0) is 68.2. The molecule has 0 spiro atoms. The Labute approximate surface area is 534 Å². The molecule has 0 aliphatic carbocycles. The summed E-state index contributed by atoms with van der Waals surface area (Å²) in [5.74, 6) is -2.97. The maximum atomic E-state index is 12.3. The first-order valence-electron chi connectivity index (χ1n) is 30.4. The summed E-state index contributed by atoms with van der Waals surface area (Å²) in [7, 11) is 0. The van der Waals surface area contributed by atoms with Gasteiger partial charge in [-0.25, -0.2) is 0 Å². The summed E-state index contributed by atoms with van der Waals surface area (Å²) in [6.45, 7) is -7.80. The molecule has 40 atom stereocenters. The van der Waals surface area contributed by atoms with Crippen LogP contribution in [0.1, 0.15) is 19.3 Å². The van der Waals surface area contributed by atoms with E-state index in [4.69, 9.17) is 66.3 Å². The summed E-state index contributed by atoms with van der Waals surface area (Å²) in [4.78, 5) is 0. The molecule has 544 valence electrons. The molecule has 0 radical (unpaired) electrons. The molecule has 8 saturated heterocycles. The van der Waals surface area contributed by atoms with Crippen molar-refractivity contribution in [3.05, 3.63) is 0 Å². The number of aliphatic hydroxyl groups excluding tert-OH is 25. The van der Waals surface area contributed by atoms with E-state index in [9.17, 15) is 128 Å². The van der Waals surface area contributed by atoms with Gasteiger partial charge >= 0.3 is 0 Å². The van der Waals surface area contributed by atoms with Gasteiger partial charge in [0.25, 0.3) is 0 Å². The normalized spacial score (nSPS) is 51.8. The van der Waals surface area contributed by atoms with Gasteiger partial charge in [-0.15, -0.1) is 0 Å². The van der Waals surface area contributed by atoms with E-state index in [2.05, 4.69) is 12.6 Å². The van der Waals surface area contributed by atoms with Gasteiger partial charge in [-0.05, 0) is 25.0 Å². The molecule has 8 heterocycles. The van der Waals surface area contributed by atoms with Gasteiger partial charge in [0.15, 0.2) is 37.7 Å². The summed E-state index contributed by atoms with van der Waals surface area (Å²) in [5.41, 5.74) is 0. The van der Waals surface area contributed by atoms with E-state index in [0.29, 0.717) is 0 Å². The van der Waals surface area contributed by atoms with Crippen LogP contribution < -0.4 is 0 Å². The molecule has 0 saturated carbocycles. The van der Waals surface area contributed by atoms with E-state index in [1.807, 2.05) is 0 Å². The Morgan fingerprint density at radius 1 is 0.247 bits per heavy atom. The van der Waals surface area contributed by atoms with Crippen molar-refractivity contribution in [2.24, 2.45) is 11.8 Å². The monoisotopic (exact) mass is 1380 g/mol. The Morgan fingerprint density at radius 2 is 0.559 bits per heavy atom. The van der Waals surface area contributed by atoms with Crippen molar-refractivity contribution in [2.75, 3.05) is 65.2 Å². The van der Waals surface area contributed by atoms with Crippen molar-refractivity contribution >= 4 is 12.6 Å². The van der Waals surface area contributed by atoms with Crippen molar-refractivity contribution in [3.8, 4) is 0 Å². The van der Waals surface area contributed by atoms with Gasteiger partial charge in [-0.2, -0.15) is 12.6 Å². The minimum atomic E-state index is -2.27. The van der Waals surface area contributed by atoms with Gasteiger partial charge in [0.2, 0.25) is 0 Å². The fourth-order valence-electron chi connectivity index (χ4n) is 12.8. The number of aliphatic hydroxyl groups is 25. The SMILES string of the molecule is OCC1O[C@@H](O[C@@H]2C(O)[C@@H](OCCCS)OC(CO[C@@H]3OC(CO)[C@@H](O)[C@H](O)C3C[C@H]3OC(CO)[C@@H](O[C@@H]4OC(CO)[C@H](O)[C@H](O)C4O)[C@H](O)C3O)[C@H]2C[C@@H]2OC(CO)[C@@H](O)[C@H](O)C2O[C@@H]2OC(CO)[C@@H](O[C@@H]3OC(CO)[C@H](O)[C@H](O)C3O)[C@H](O)C2O)C(O)[C@@H](O)[C@@H]1O. The summed E-state index contributed by atoms with van der Waals surface area (Å²) < 4.78 is 82.9. The zero-order valence-corrected chi connectivity index (χ0v) is 50.5. The maximum absolute atomic E-state index is 12.3. The Hall–Kier alpha value is -1.21. The molecule has 16 unspecified atom stereocenters. The summed E-state index contributed by atoms with van der Waals surface area (Å²) >= 11 is 4.21. The van der Waals surface area contributed by atoms with Crippen LogP contribution in [0.3, 0.4) is 0 Å². The number of ether oxygens (including phenoxy) is 14. The van der Waals surface area contributed by atoms with E-state index in [0.717, 1.165) is 0 Å². The van der Waals surface area contributed by atoms with E-state index in [-0.39, 0.29) is 18.8 Å². The molecule has 0 aromatic rings. The van der Waals surface area contributed by atoms with Gasteiger partial charge in [-0.1, -0.05) is 0 Å². The number of thiol groups is 1. The lowest BCUT2D eigenvalue weighted by atomic mass is 9.81. The predicted octanol–water partition coefficient (Wildman–Crippen LogP) is -15.8. The highest BCUT2D eigenvalue weighted by Crippen LogP contribution is 2.42. The molecule has 0 amide bonds. The molecule has 40 heteroatoms. The Morgan fingerprint density at radius 3 is 1.00 bits per heavy atom. The van der Waals surface area contributed by atoms with Gasteiger partial charge < -0.3 is 194 Å². The van der Waals surface area contributed by atoms with Gasteiger partial charge in [0.1, 0.15) is 165 Å². The fourth-order valence-corrected chi connectivity index (χ4v) is 13.0. The van der Waals surface area contributed by atoms with Crippen LogP contribution in [0, 0.1) is 11.8 Å². The number of hydrogen-bond acceptors (Lipinski definition) is 40. The summed E-state index contributed by atoms with van der Waals surface area (Å²) in [5, 5.41) is 272. The third-order valence-corrected chi connectivity index (χ3v) is 18.6. The fraction of sp³-hybridized carbons (Fsp3) is 1.00. The smallest absolute Gasteiger partial charge is 0.187 e. The summed E-state index contributed by atoms with van der Waals surface area (Å²) in [6.07, 6.45) is -73.3. The minimum absolute atomic E-state index is 0.187. The molecular weight excluding hydrogens is 1290 g/mol. The van der Waals surface area contributed by atoms with Crippen LogP contribution in [0.25, 0.3) is 0 Å². The van der Waals surface area contributed by atoms with Crippen LogP contribution in [-0.2, 0) is 66.3 Å².